The van der Waals surface area contributed by atoms with Crippen molar-refractivity contribution in [2.24, 2.45) is 0 Å². The van der Waals surface area contributed by atoms with Crippen molar-refractivity contribution in [3.8, 4) is 5.75 Å². The van der Waals surface area contributed by atoms with Crippen molar-refractivity contribution in [2.75, 3.05) is 66.0 Å². The van der Waals surface area contributed by atoms with Gasteiger partial charge in [-0.05, 0) is 12.1 Å². The molecule has 31 heavy (non-hydrogen) atoms. The quantitative estimate of drug-likeness (QED) is 0.151. The van der Waals surface area contributed by atoms with Crippen molar-refractivity contribution in [3.63, 3.8) is 0 Å². The maximum atomic E-state index is 11.3. The van der Waals surface area contributed by atoms with Crippen molar-refractivity contribution in [2.45, 2.75) is 0 Å². The second-order valence-electron chi connectivity index (χ2n) is 6.21. The van der Waals surface area contributed by atoms with Gasteiger partial charge in [-0.1, -0.05) is 0 Å². The number of hydrogen-bond acceptors (Lipinski definition) is 9. The monoisotopic (exact) mass is 438 g/mol. The molecule has 1 aromatic rings. The van der Waals surface area contributed by atoms with Crippen LogP contribution in [-0.2, 0) is 28.5 Å². The average Bonchev–Trinajstić information content (AvgIpc) is 3.08. The molecule has 0 spiro atoms. The number of carbonyl (C=O) groups excluding carboxylic acids is 2. The predicted octanol–water partition coefficient (Wildman–Crippen LogP) is 0.965. The predicted molar refractivity (Wildman–Crippen MR) is 108 cm³/mol. The van der Waals surface area contributed by atoms with Crippen molar-refractivity contribution in [1.29, 1.82) is 0 Å². The van der Waals surface area contributed by atoms with Crippen LogP contribution in [0.5, 0.6) is 5.75 Å². The Morgan fingerprint density at radius 1 is 0.710 bits per heavy atom. The van der Waals surface area contributed by atoms with Crippen LogP contribution in [0.3, 0.4) is 0 Å². The molecule has 2 amide bonds. The Hall–Kier alpha value is -2.86. The number of nitrogens with zero attached hydrogens (tertiary/aromatic N) is 2. The van der Waals surface area contributed by atoms with Crippen LogP contribution in [0.15, 0.2) is 36.4 Å². The van der Waals surface area contributed by atoms with Crippen molar-refractivity contribution in [1.82, 2.24) is 4.90 Å². The van der Waals surface area contributed by atoms with E-state index in [-0.39, 0.29) is 30.7 Å². The van der Waals surface area contributed by atoms with Gasteiger partial charge in [0.15, 0.2) is 0 Å². The van der Waals surface area contributed by atoms with Crippen molar-refractivity contribution < 1.29 is 38.2 Å². The molecule has 0 fully saturated rings. The molecule has 170 valence electrons. The largest absolute Gasteiger partial charge is 0.491 e. The van der Waals surface area contributed by atoms with Crippen molar-refractivity contribution in [3.05, 3.63) is 46.5 Å². The molecule has 2 rings (SSSR count). The highest BCUT2D eigenvalue weighted by atomic mass is 16.6. The Bertz CT molecular complexity index is 719. The van der Waals surface area contributed by atoms with Crippen LogP contribution in [-0.4, -0.2) is 87.6 Å². The summed E-state index contributed by atoms with van der Waals surface area (Å²) in [5, 5.41) is 10.6. The third-order valence-corrected chi connectivity index (χ3v) is 4.02. The number of ether oxygens (including phenoxy) is 5. The molecule has 0 radical (unpaired) electrons. The second-order valence-corrected chi connectivity index (χ2v) is 6.21. The maximum Gasteiger partial charge on any atom is 0.269 e. The molecule has 1 aliphatic heterocycles. The van der Waals surface area contributed by atoms with Gasteiger partial charge in [0.25, 0.3) is 17.5 Å². The molecule has 1 aromatic carbocycles. The maximum absolute atomic E-state index is 11.3. The second kappa shape index (κ2) is 14.2. The molecule has 0 saturated carbocycles. The Morgan fingerprint density at radius 3 is 1.65 bits per heavy atom. The molecular weight excluding hydrogens is 412 g/mol. The van der Waals surface area contributed by atoms with E-state index in [0.29, 0.717) is 58.6 Å². The fourth-order valence-corrected chi connectivity index (χ4v) is 2.45. The minimum Gasteiger partial charge on any atom is -0.491 e. The zero-order valence-electron chi connectivity index (χ0n) is 17.1. The fourth-order valence-electron chi connectivity index (χ4n) is 2.45. The van der Waals surface area contributed by atoms with E-state index in [1.165, 1.54) is 24.3 Å². The van der Waals surface area contributed by atoms with Crippen LogP contribution in [0.2, 0.25) is 0 Å². The molecule has 1 heterocycles. The number of carbonyl (C=O) groups is 2. The molecular formula is C20H26N2O9. The molecule has 11 nitrogen and oxygen atoms in total. The normalized spacial score (nSPS) is 13.2. The summed E-state index contributed by atoms with van der Waals surface area (Å²) >= 11 is 0. The van der Waals surface area contributed by atoms with Crippen LogP contribution in [0.1, 0.15) is 0 Å². The summed E-state index contributed by atoms with van der Waals surface area (Å²) in [6.45, 7) is 3.62. The highest BCUT2D eigenvalue weighted by Gasteiger charge is 2.22. The molecule has 0 N–H and O–H groups in total. The zero-order valence-corrected chi connectivity index (χ0v) is 17.1. The van der Waals surface area contributed by atoms with E-state index in [1.54, 1.807) is 12.1 Å². The molecule has 0 aliphatic carbocycles. The molecule has 0 atom stereocenters. The van der Waals surface area contributed by atoms with E-state index in [2.05, 4.69) is 0 Å². The lowest BCUT2D eigenvalue weighted by molar-refractivity contribution is -0.384. The summed E-state index contributed by atoms with van der Waals surface area (Å²) in [4.78, 5) is 33.9. The first-order valence-electron chi connectivity index (χ1n) is 9.79. The Balaban J connectivity index is 1.31. The highest BCUT2D eigenvalue weighted by molar-refractivity contribution is 6.12. The molecule has 11 heteroatoms. The summed E-state index contributed by atoms with van der Waals surface area (Å²) in [6.07, 6.45) is 2.48. The summed E-state index contributed by atoms with van der Waals surface area (Å²) in [5.74, 6) is -0.0902. The number of hydrogen-bond donors (Lipinski definition) is 0. The standard InChI is InChI=1S/C20H26N2O9/c23-19-5-6-20(24)21(19)7-8-27-9-10-28-11-12-29-13-14-30-15-16-31-18-3-1-17(2-4-18)22(25)26/h1-6H,7-16H2. The number of non-ortho nitro benzene ring substituents is 1. The van der Waals surface area contributed by atoms with E-state index < -0.39 is 4.92 Å². The molecule has 0 saturated heterocycles. The van der Waals surface area contributed by atoms with Crippen LogP contribution in [0, 0.1) is 10.1 Å². The summed E-state index contributed by atoms with van der Waals surface area (Å²) < 4.78 is 26.8. The van der Waals surface area contributed by atoms with Gasteiger partial charge in [-0.3, -0.25) is 24.6 Å². The third-order valence-electron chi connectivity index (χ3n) is 4.02. The van der Waals surface area contributed by atoms with E-state index in [1.807, 2.05) is 0 Å². The first kappa shape index (κ1) is 24.4. The highest BCUT2D eigenvalue weighted by Crippen LogP contribution is 2.17. The molecule has 0 unspecified atom stereocenters. The minimum absolute atomic E-state index is 0.0166. The van der Waals surface area contributed by atoms with Gasteiger partial charge >= 0.3 is 0 Å². The smallest absolute Gasteiger partial charge is 0.269 e. The first-order chi connectivity index (χ1) is 15.1. The molecule has 0 bridgehead atoms. The number of benzene rings is 1. The van der Waals surface area contributed by atoms with E-state index in [0.717, 1.165) is 4.90 Å². The third kappa shape index (κ3) is 9.66. The number of imide groups is 1. The van der Waals surface area contributed by atoms with E-state index in [4.69, 9.17) is 23.7 Å². The van der Waals surface area contributed by atoms with E-state index >= 15 is 0 Å². The lowest BCUT2D eigenvalue weighted by Gasteiger charge is -2.13. The lowest BCUT2D eigenvalue weighted by atomic mass is 10.3. The minimum atomic E-state index is -0.464. The van der Waals surface area contributed by atoms with E-state index in [9.17, 15) is 19.7 Å². The van der Waals surface area contributed by atoms with Crippen LogP contribution < -0.4 is 4.74 Å². The van der Waals surface area contributed by atoms with Crippen LogP contribution >= 0.6 is 0 Å². The Kier molecular flexibility index (Phi) is 11.2. The van der Waals surface area contributed by atoms with Crippen molar-refractivity contribution >= 4 is 17.5 Å². The van der Waals surface area contributed by atoms with Crippen LogP contribution in [0.4, 0.5) is 5.69 Å². The van der Waals surface area contributed by atoms with Gasteiger partial charge in [0.1, 0.15) is 12.4 Å². The topological polar surface area (TPSA) is 127 Å². The SMILES string of the molecule is O=C1C=CC(=O)N1CCOCCOCCOCCOCCOc1ccc([N+](=O)[O-])cc1. The van der Waals surface area contributed by atoms with Gasteiger partial charge < -0.3 is 23.7 Å². The average molecular weight is 438 g/mol. The molecule has 1 aliphatic rings. The Morgan fingerprint density at radius 2 is 1.16 bits per heavy atom. The van der Waals surface area contributed by atoms with Gasteiger partial charge in [0.2, 0.25) is 0 Å². The van der Waals surface area contributed by atoms with Gasteiger partial charge in [-0.2, -0.15) is 0 Å². The molecule has 0 aromatic heterocycles. The van der Waals surface area contributed by atoms with Gasteiger partial charge in [-0.15, -0.1) is 0 Å². The lowest BCUT2D eigenvalue weighted by Crippen LogP contribution is -2.33. The number of nitro groups is 1. The Labute approximate surface area is 179 Å². The summed E-state index contributed by atoms with van der Waals surface area (Å²) in [6, 6.07) is 5.85. The number of nitro benzene ring substituents is 1. The van der Waals surface area contributed by atoms with Crippen LogP contribution in [0.25, 0.3) is 0 Å². The first-order valence-corrected chi connectivity index (χ1v) is 9.79. The number of rotatable bonds is 17. The summed E-state index contributed by atoms with van der Waals surface area (Å²) in [5.41, 5.74) is 0.0166. The number of amides is 2. The fraction of sp³-hybridized carbons (Fsp3) is 0.500. The van der Waals surface area contributed by atoms with Gasteiger partial charge in [-0.25, -0.2) is 0 Å². The van der Waals surface area contributed by atoms with Gasteiger partial charge in [0, 0.05) is 24.3 Å². The summed E-state index contributed by atoms with van der Waals surface area (Å²) in [7, 11) is 0. The zero-order chi connectivity index (χ0) is 22.3. The van der Waals surface area contributed by atoms with Gasteiger partial charge in [0.05, 0.1) is 64.3 Å².